The Kier molecular flexibility index (Phi) is 3.63. The number of hydrogen-bond donors (Lipinski definition) is 1. The van der Waals surface area contributed by atoms with Gasteiger partial charge in [-0.15, -0.1) is 0 Å². The monoisotopic (exact) mass is 255 g/mol. The number of benzene rings is 2. The summed E-state index contributed by atoms with van der Waals surface area (Å²) in [6.45, 7) is 5.73. The van der Waals surface area contributed by atoms with Gasteiger partial charge < -0.3 is 10.0 Å². The molecule has 0 amide bonds. The average molecular weight is 255 g/mol. The van der Waals surface area contributed by atoms with E-state index in [1.165, 1.54) is 5.56 Å². The third kappa shape index (κ3) is 2.79. The van der Waals surface area contributed by atoms with Gasteiger partial charge in [0.1, 0.15) is 0 Å². The van der Waals surface area contributed by atoms with Crippen LogP contribution in [0.3, 0.4) is 0 Å². The highest BCUT2D eigenvalue weighted by Gasteiger charge is 2.22. The molecule has 0 aromatic heterocycles. The minimum absolute atomic E-state index is 0.854. The largest absolute Gasteiger partial charge is 0.386 e. The zero-order chi connectivity index (χ0) is 14.0. The van der Waals surface area contributed by atoms with Gasteiger partial charge in [-0.1, -0.05) is 36.4 Å². The molecular formula is C17H21NO. The molecule has 0 unspecified atom stereocenters. The summed E-state index contributed by atoms with van der Waals surface area (Å²) in [6.07, 6.45) is 0. The van der Waals surface area contributed by atoms with Crippen LogP contribution in [0.25, 0.3) is 0 Å². The van der Waals surface area contributed by atoms with Crippen LogP contribution in [0.1, 0.15) is 25.0 Å². The van der Waals surface area contributed by atoms with Crippen LogP contribution < -0.4 is 4.90 Å². The third-order valence-corrected chi connectivity index (χ3v) is 3.40. The van der Waals surface area contributed by atoms with Crippen molar-refractivity contribution in [3.8, 4) is 0 Å². The Bertz CT molecular complexity index is 569. The maximum Gasteiger partial charge on any atom is 0.0860 e. The fraction of sp³-hybridized carbons (Fsp3) is 0.294. The molecule has 2 aromatic rings. The predicted octanol–water partition coefficient (Wildman–Crippen LogP) is 3.99. The Morgan fingerprint density at radius 3 is 2.00 bits per heavy atom. The second-order valence-electron chi connectivity index (χ2n) is 5.42. The maximum atomic E-state index is 10.3. The zero-order valence-electron chi connectivity index (χ0n) is 12.0. The van der Waals surface area contributed by atoms with Gasteiger partial charge >= 0.3 is 0 Å². The normalized spacial score (nSPS) is 11.4. The lowest BCUT2D eigenvalue weighted by atomic mass is 9.95. The molecule has 0 bridgehead atoms. The first-order valence-corrected chi connectivity index (χ1v) is 6.52. The molecule has 2 heteroatoms. The molecule has 0 radical (unpaired) electrons. The van der Waals surface area contributed by atoms with Crippen LogP contribution in [0.15, 0.2) is 48.5 Å². The standard InChI is InChI=1S/C17H21NO/c1-13-9-5-7-11-15(13)18(4)16-12-8-6-10-14(16)17(2,3)19/h5-12,19H,1-4H3. The number of nitrogens with zero attached hydrogens (tertiary/aromatic N) is 1. The van der Waals surface area contributed by atoms with Crippen molar-refractivity contribution >= 4 is 11.4 Å². The minimum Gasteiger partial charge on any atom is -0.386 e. The number of anilines is 2. The van der Waals surface area contributed by atoms with Crippen molar-refractivity contribution in [1.82, 2.24) is 0 Å². The van der Waals surface area contributed by atoms with Gasteiger partial charge in [0.25, 0.3) is 0 Å². The van der Waals surface area contributed by atoms with E-state index in [9.17, 15) is 5.11 Å². The highest BCUT2D eigenvalue weighted by molar-refractivity contribution is 5.69. The van der Waals surface area contributed by atoms with E-state index < -0.39 is 5.60 Å². The van der Waals surface area contributed by atoms with Crippen LogP contribution in [-0.4, -0.2) is 12.2 Å². The van der Waals surface area contributed by atoms with Crippen molar-refractivity contribution in [2.45, 2.75) is 26.4 Å². The molecule has 100 valence electrons. The van der Waals surface area contributed by atoms with Gasteiger partial charge in [0, 0.05) is 24.0 Å². The number of rotatable bonds is 3. The maximum absolute atomic E-state index is 10.3. The van der Waals surface area contributed by atoms with E-state index >= 15 is 0 Å². The first kappa shape index (κ1) is 13.6. The predicted molar refractivity (Wildman–Crippen MR) is 80.9 cm³/mol. The lowest BCUT2D eigenvalue weighted by Crippen LogP contribution is -2.21. The van der Waals surface area contributed by atoms with E-state index in [4.69, 9.17) is 0 Å². The number of hydrogen-bond acceptors (Lipinski definition) is 2. The quantitative estimate of drug-likeness (QED) is 0.896. The van der Waals surface area contributed by atoms with Gasteiger partial charge in [-0.05, 0) is 38.5 Å². The topological polar surface area (TPSA) is 23.5 Å². The van der Waals surface area contributed by atoms with Gasteiger partial charge in [0.15, 0.2) is 0 Å². The van der Waals surface area contributed by atoms with Gasteiger partial charge in [0.05, 0.1) is 5.60 Å². The van der Waals surface area contributed by atoms with Crippen molar-refractivity contribution in [3.63, 3.8) is 0 Å². The Morgan fingerprint density at radius 1 is 0.895 bits per heavy atom. The first-order chi connectivity index (χ1) is 8.91. The Morgan fingerprint density at radius 2 is 1.42 bits per heavy atom. The summed E-state index contributed by atoms with van der Waals surface area (Å²) >= 11 is 0. The van der Waals surface area contributed by atoms with Crippen molar-refractivity contribution < 1.29 is 5.11 Å². The van der Waals surface area contributed by atoms with Gasteiger partial charge in [-0.3, -0.25) is 0 Å². The van der Waals surface area contributed by atoms with Gasteiger partial charge in [0.2, 0.25) is 0 Å². The summed E-state index contributed by atoms with van der Waals surface area (Å²) in [7, 11) is 2.03. The SMILES string of the molecule is Cc1ccccc1N(C)c1ccccc1C(C)(C)O. The molecule has 2 rings (SSSR count). The highest BCUT2D eigenvalue weighted by atomic mass is 16.3. The molecule has 1 N–H and O–H groups in total. The lowest BCUT2D eigenvalue weighted by molar-refractivity contribution is 0.0791. The van der Waals surface area contributed by atoms with Crippen LogP contribution in [-0.2, 0) is 5.60 Å². The van der Waals surface area contributed by atoms with E-state index in [-0.39, 0.29) is 0 Å². The molecule has 0 saturated heterocycles. The van der Waals surface area contributed by atoms with Crippen LogP contribution in [0.5, 0.6) is 0 Å². The van der Waals surface area contributed by atoms with Crippen molar-refractivity contribution in [2.75, 3.05) is 11.9 Å². The van der Waals surface area contributed by atoms with Crippen LogP contribution in [0.2, 0.25) is 0 Å². The van der Waals surface area contributed by atoms with E-state index in [1.807, 2.05) is 57.3 Å². The van der Waals surface area contributed by atoms with E-state index in [0.717, 1.165) is 16.9 Å². The first-order valence-electron chi connectivity index (χ1n) is 6.52. The van der Waals surface area contributed by atoms with Crippen LogP contribution in [0, 0.1) is 6.92 Å². The molecule has 0 fully saturated rings. The Balaban J connectivity index is 2.51. The van der Waals surface area contributed by atoms with Crippen LogP contribution in [0.4, 0.5) is 11.4 Å². The minimum atomic E-state index is -0.854. The molecule has 19 heavy (non-hydrogen) atoms. The molecule has 0 heterocycles. The van der Waals surface area contributed by atoms with Gasteiger partial charge in [-0.25, -0.2) is 0 Å². The van der Waals surface area contributed by atoms with E-state index in [2.05, 4.69) is 24.0 Å². The molecule has 0 saturated carbocycles. The summed E-state index contributed by atoms with van der Waals surface area (Å²) in [5, 5.41) is 10.3. The van der Waals surface area contributed by atoms with Crippen LogP contribution >= 0.6 is 0 Å². The summed E-state index contributed by atoms with van der Waals surface area (Å²) in [5.74, 6) is 0. The highest BCUT2D eigenvalue weighted by Crippen LogP contribution is 2.34. The van der Waals surface area contributed by atoms with Crippen molar-refractivity contribution in [3.05, 3.63) is 59.7 Å². The number of aryl methyl sites for hydroxylation is 1. The number of para-hydroxylation sites is 2. The van der Waals surface area contributed by atoms with Crippen molar-refractivity contribution in [1.29, 1.82) is 0 Å². The lowest BCUT2D eigenvalue weighted by Gasteiger charge is -2.29. The number of aliphatic hydroxyl groups is 1. The summed E-state index contributed by atoms with van der Waals surface area (Å²) in [6, 6.07) is 16.2. The molecule has 0 aliphatic carbocycles. The summed E-state index contributed by atoms with van der Waals surface area (Å²) in [5.41, 5.74) is 3.48. The third-order valence-electron chi connectivity index (χ3n) is 3.40. The summed E-state index contributed by atoms with van der Waals surface area (Å²) in [4.78, 5) is 2.13. The fourth-order valence-electron chi connectivity index (χ4n) is 2.35. The van der Waals surface area contributed by atoms with E-state index in [0.29, 0.717) is 0 Å². The molecule has 0 aliphatic rings. The Hall–Kier alpha value is -1.80. The molecule has 0 atom stereocenters. The van der Waals surface area contributed by atoms with E-state index in [1.54, 1.807) is 0 Å². The second kappa shape index (κ2) is 5.06. The molecule has 2 aromatic carbocycles. The Labute approximate surface area is 115 Å². The average Bonchev–Trinajstić information content (AvgIpc) is 2.37. The molecule has 0 aliphatic heterocycles. The van der Waals surface area contributed by atoms with Gasteiger partial charge in [-0.2, -0.15) is 0 Å². The molecular weight excluding hydrogens is 234 g/mol. The smallest absolute Gasteiger partial charge is 0.0860 e. The second-order valence-corrected chi connectivity index (χ2v) is 5.42. The molecule has 0 spiro atoms. The van der Waals surface area contributed by atoms with Crippen molar-refractivity contribution in [2.24, 2.45) is 0 Å². The molecule has 2 nitrogen and oxygen atoms in total. The zero-order valence-corrected chi connectivity index (χ0v) is 12.0. The fourth-order valence-corrected chi connectivity index (χ4v) is 2.35. The summed E-state index contributed by atoms with van der Waals surface area (Å²) < 4.78 is 0.